The first-order chi connectivity index (χ1) is 8.69. The zero-order valence-electron chi connectivity index (χ0n) is 10.0. The predicted octanol–water partition coefficient (Wildman–Crippen LogP) is 3.00. The largest absolute Gasteiger partial charge is 0.493 e. The highest BCUT2D eigenvalue weighted by Crippen LogP contribution is 2.26. The molecule has 0 spiro atoms. The highest BCUT2D eigenvalue weighted by Gasteiger charge is 2.04. The average molecular weight is 247 g/mol. The van der Waals surface area contributed by atoms with Crippen molar-refractivity contribution in [1.29, 1.82) is 0 Å². The smallest absolute Gasteiger partial charge is 0.161 e. The summed E-state index contributed by atoms with van der Waals surface area (Å²) in [5.74, 6) is 0.887. The average Bonchev–Trinajstić information content (AvgIpc) is 2.35. The van der Waals surface area contributed by atoms with Crippen molar-refractivity contribution in [1.82, 2.24) is 0 Å². The first-order valence-corrected chi connectivity index (χ1v) is 5.50. The molecule has 0 saturated carbocycles. The number of para-hydroxylation sites is 2. The summed E-state index contributed by atoms with van der Waals surface area (Å²) in [7, 11) is 1.57. The molecule has 0 bridgehead atoms. The number of methoxy groups -OCH3 is 1. The van der Waals surface area contributed by atoms with E-state index in [1.165, 1.54) is 12.1 Å². The van der Waals surface area contributed by atoms with Gasteiger partial charge in [-0.05, 0) is 35.9 Å². The van der Waals surface area contributed by atoms with Gasteiger partial charge in [0.1, 0.15) is 12.4 Å². The molecule has 2 N–H and O–H groups in total. The Morgan fingerprint density at radius 3 is 2.50 bits per heavy atom. The van der Waals surface area contributed by atoms with Crippen molar-refractivity contribution < 1.29 is 13.9 Å². The number of benzene rings is 2. The molecule has 0 atom stereocenters. The molecule has 3 nitrogen and oxygen atoms in total. The van der Waals surface area contributed by atoms with Gasteiger partial charge >= 0.3 is 0 Å². The van der Waals surface area contributed by atoms with Crippen molar-refractivity contribution in [2.24, 2.45) is 0 Å². The number of halogens is 1. The van der Waals surface area contributed by atoms with Crippen LogP contribution in [0.4, 0.5) is 10.1 Å². The van der Waals surface area contributed by atoms with Gasteiger partial charge in [0, 0.05) is 5.69 Å². The Morgan fingerprint density at radius 2 is 1.83 bits per heavy atom. The highest BCUT2D eigenvalue weighted by atomic mass is 19.1. The molecule has 2 aromatic rings. The lowest BCUT2D eigenvalue weighted by atomic mass is 10.2. The summed E-state index contributed by atoms with van der Waals surface area (Å²) in [6.07, 6.45) is 0. The fourth-order valence-corrected chi connectivity index (χ4v) is 1.66. The van der Waals surface area contributed by atoms with E-state index in [1.54, 1.807) is 25.3 Å². The Hall–Kier alpha value is -2.23. The molecule has 0 unspecified atom stereocenters. The van der Waals surface area contributed by atoms with Crippen LogP contribution in [0.2, 0.25) is 0 Å². The molecule has 0 aromatic heterocycles. The minimum absolute atomic E-state index is 0.238. The van der Waals surface area contributed by atoms with E-state index in [0.717, 1.165) is 0 Å². The molecule has 18 heavy (non-hydrogen) atoms. The Balaban J connectivity index is 2.11. The number of hydrogen-bond donors (Lipinski definition) is 1. The van der Waals surface area contributed by atoms with Gasteiger partial charge in [0.15, 0.2) is 11.5 Å². The topological polar surface area (TPSA) is 44.5 Å². The van der Waals surface area contributed by atoms with E-state index in [1.807, 2.05) is 12.1 Å². The molecule has 0 amide bonds. The third-order valence-corrected chi connectivity index (χ3v) is 2.44. The van der Waals surface area contributed by atoms with E-state index in [2.05, 4.69) is 0 Å². The summed E-state index contributed by atoms with van der Waals surface area (Å²) >= 11 is 0. The first kappa shape index (κ1) is 12.2. The molecule has 0 fully saturated rings. The lowest BCUT2D eigenvalue weighted by Gasteiger charge is -2.10. The Morgan fingerprint density at radius 1 is 1.11 bits per heavy atom. The molecule has 0 aliphatic heterocycles. The van der Waals surface area contributed by atoms with Crippen LogP contribution in [0.3, 0.4) is 0 Å². The summed E-state index contributed by atoms with van der Waals surface area (Å²) in [6.45, 7) is 0.238. The molecule has 0 saturated heterocycles. The minimum Gasteiger partial charge on any atom is -0.493 e. The van der Waals surface area contributed by atoms with Crippen molar-refractivity contribution in [2.75, 3.05) is 12.8 Å². The van der Waals surface area contributed by atoms with E-state index in [4.69, 9.17) is 15.2 Å². The van der Waals surface area contributed by atoms with E-state index < -0.39 is 0 Å². The van der Waals surface area contributed by atoms with Gasteiger partial charge in [0.2, 0.25) is 0 Å². The second-order valence-corrected chi connectivity index (χ2v) is 3.83. The molecule has 0 aliphatic rings. The van der Waals surface area contributed by atoms with Crippen molar-refractivity contribution in [3.63, 3.8) is 0 Å². The molecule has 4 heteroatoms. The van der Waals surface area contributed by atoms with Gasteiger partial charge in [-0.25, -0.2) is 4.39 Å². The van der Waals surface area contributed by atoms with Crippen molar-refractivity contribution in [3.8, 4) is 11.5 Å². The Kier molecular flexibility index (Phi) is 3.67. The monoisotopic (exact) mass is 247 g/mol. The maximum atomic E-state index is 13.1. The number of nitrogens with two attached hydrogens (primary N) is 1. The summed E-state index contributed by atoms with van der Waals surface area (Å²) < 4.78 is 23.9. The molecule has 0 radical (unpaired) electrons. The van der Waals surface area contributed by atoms with Gasteiger partial charge in [-0.1, -0.05) is 12.1 Å². The number of hydrogen-bond acceptors (Lipinski definition) is 3. The quantitative estimate of drug-likeness (QED) is 0.845. The van der Waals surface area contributed by atoms with Crippen LogP contribution < -0.4 is 15.2 Å². The van der Waals surface area contributed by atoms with Crippen LogP contribution in [0, 0.1) is 5.82 Å². The molecular weight excluding hydrogens is 233 g/mol. The molecule has 94 valence electrons. The summed E-state index contributed by atoms with van der Waals surface area (Å²) in [5, 5.41) is 0. The van der Waals surface area contributed by atoms with Crippen LogP contribution in [0.15, 0.2) is 42.5 Å². The van der Waals surface area contributed by atoms with Gasteiger partial charge in [0.25, 0.3) is 0 Å². The van der Waals surface area contributed by atoms with Crippen LogP contribution in [-0.4, -0.2) is 7.11 Å². The van der Waals surface area contributed by atoms with Gasteiger partial charge in [-0.3, -0.25) is 0 Å². The van der Waals surface area contributed by atoms with Gasteiger partial charge in [-0.15, -0.1) is 0 Å². The van der Waals surface area contributed by atoms with Crippen molar-refractivity contribution in [2.45, 2.75) is 6.61 Å². The predicted molar refractivity (Wildman–Crippen MR) is 68.1 cm³/mol. The standard InChI is InChI=1S/C14H14FNO2/c1-17-13-4-2-3-5-14(13)18-9-10-6-11(15)8-12(16)7-10/h2-8H,9,16H2,1H3. The second-order valence-electron chi connectivity index (χ2n) is 3.83. The third-order valence-electron chi connectivity index (χ3n) is 2.44. The van der Waals surface area contributed by atoms with Crippen LogP contribution in [0.25, 0.3) is 0 Å². The highest BCUT2D eigenvalue weighted by molar-refractivity contribution is 5.42. The Labute approximate surface area is 105 Å². The minimum atomic E-state index is -0.367. The maximum absolute atomic E-state index is 13.1. The Bertz CT molecular complexity index is 523. The van der Waals surface area contributed by atoms with E-state index in [0.29, 0.717) is 22.7 Å². The molecule has 0 heterocycles. The second kappa shape index (κ2) is 5.40. The maximum Gasteiger partial charge on any atom is 0.161 e. The number of anilines is 1. The van der Waals surface area contributed by atoms with Crippen LogP contribution in [-0.2, 0) is 6.61 Å². The number of nitrogen functional groups attached to an aromatic ring is 1. The van der Waals surface area contributed by atoms with Gasteiger partial charge in [0.05, 0.1) is 7.11 Å². The normalized spacial score (nSPS) is 10.1. The van der Waals surface area contributed by atoms with Crippen LogP contribution in [0.5, 0.6) is 11.5 Å². The lowest BCUT2D eigenvalue weighted by molar-refractivity contribution is 0.284. The lowest BCUT2D eigenvalue weighted by Crippen LogP contribution is -1.99. The van der Waals surface area contributed by atoms with Gasteiger partial charge in [-0.2, -0.15) is 0 Å². The zero-order valence-corrected chi connectivity index (χ0v) is 10.0. The van der Waals surface area contributed by atoms with Crippen molar-refractivity contribution >= 4 is 5.69 Å². The van der Waals surface area contributed by atoms with Crippen LogP contribution >= 0.6 is 0 Å². The molecule has 2 rings (SSSR count). The fraction of sp³-hybridized carbons (Fsp3) is 0.143. The first-order valence-electron chi connectivity index (χ1n) is 5.50. The third kappa shape index (κ3) is 2.91. The van der Waals surface area contributed by atoms with Crippen LogP contribution in [0.1, 0.15) is 5.56 Å². The molecular formula is C14H14FNO2. The summed E-state index contributed by atoms with van der Waals surface area (Å²) in [4.78, 5) is 0. The van der Waals surface area contributed by atoms with E-state index >= 15 is 0 Å². The summed E-state index contributed by atoms with van der Waals surface area (Å²) in [6, 6.07) is 11.6. The zero-order chi connectivity index (χ0) is 13.0. The van der Waals surface area contributed by atoms with Crippen molar-refractivity contribution in [3.05, 3.63) is 53.8 Å². The number of rotatable bonds is 4. The SMILES string of the molecule is COc1ccccc1OCc1cc(N)cc(F)c1. The summed E-state index contributed by atoms with van der Waals surface area (Å²) in [5.41, 5.74) is 6.63. The van der Waals surface area contributed by atoms with E-state index in [-0.39, 0.29) is 12.4 Å². The molecule has 2 aromatic carbocycles. The van der Waals surface area contributed by atoms with E-state index in [9.17, 15) is 4.39 Å². The fourth-order valence-electron chi connectivity index (χ4n) is 1.66. The van der Waals surface area contributed by atoms with Gasteiger partial charge < -0.3 is 15.2 Å². The number of ether oxygens (including phenoxy) is 2. The molecule has 0 aliphatic carbocycles.